The smallest absolute Gasteiger partial charge is 0.394 e. The van der Waals surface area contributed by atoms with Crippen LogP contribution in [0.3, 0.4) is 0 Å². The highest BCUT2D eigenvalue weighted by molar-refractivity contribution is 8.00. The number of aliphatic hydroxyl groups excluding tert-OH is 1. The van der Waals surface area contributed by atoms with E-state index in [1.54, 1.807) is 10.9 Å². The van der Waals surface area contributed by atoms with E-state index in [1.165, 1.54) is 24.2 Å². The molecule has 1 aliphatic rings. The number of benzene rings is 2. The van der Waals surface area contributed by atoms with Crippen LogP contribution in [0.25, 0.3) is 0 Å². The first-order valence-electron chi connectivity index (χ1n) is 9.94. The molecule has 0 spiro atoms. The number of fused-ring (bicyclic) bond motifs is 1. The van der Waals surface area contributed by atoms with Crippen molar-refractivity contribution < 1.29 is 18.3 Å². The van der Waals surface area contributed by atoms with E-state index in [1.807, 2.05) is 32.0 Å². The summed E-state index contributed by atoms with van der Waals surface area (Å²) in [6.45, 7) is 4.37. The standard InChI is InChI=1S/C22H22F3N5OS/c1-13-9-15(3-5-18(13)29-32-21-14(2)11-27-30(21)7-8-31)20-26-12-16-10-17(22(23,24)25)4-6-19(16)28-20/h3-6,9-12,20,28-29,31H,7-8H2,1-2H3. The summed E-state index contributed by atoms with van der Waals surface area (Å²) in [5, 5.41) is 17.6. The molecular weight excluding hydrogens is 439 g/mol. The monoisotopic (exact) mass is 461 g/mol. The lowest BCUT2D eigenvalue weighted by Gasteiger charge is -2.23. The molecule has 4 rings (SSSR count). The Kier molecular flexibility index (Phi) is 6.16. The third-order valence-electron chi connectivity index (χ3n) is 5.13. The van der Waals surface area contributed by atoms with Gasteiger partial charge in [-0.3, -0.25) is 9.67 Å². The van der Waals surface area contributed by atoms with Crippen LogP contribution in [0.1, 0.15) is 34.0 Å². The predicted octanol–water partition coefficient (Wildman–Crippen LogP) is 5.17. The molecule has 0 fully saturated rings. The molecule has 10 heteroatoms. The van der Waals surface area contributed by atoms with Crippen molar-refractivity contribution in [1.82, 2.24) is 9.78 Å². The van der Waals surface area contributed by atoms with E-state index in [4.69, 9.17) is 0 Å². The lowest BCUT2D eigenvalue weighted by Crippen LogP contribution is -2.16. The van der Waals surface area contributed by atoms with Gasteiger partial charge in [0, 0.05) is 40.7 Å². The first kappa shape index (κ1) is 22.2. The number of nitrogens with one attached hydrogen (secondary N) is 2. The zero-order valence-corrected chi connectivity index (χ0v) is 18.3. The average Bonchev–Trinajstić information content (AvgIpc) is 3.11. The molecular formula is C22H22F3N5OS. The van der Waals surface area contributed by atoms with Gasteiger partial charge < -0.3 is 15.1 Å². The third-order valence-corrected chi connectivity index (χ3v) is 6.18. The van der Waals surface area contributed by atoms with Gasteiger partial charge >= 0.3 is 6.18 Å². The van der Waals surface area contributed by atoms with Crippen molar-refractivity contribution in [1.29, 1.82) is 0 Å². The van der Waals surface area contributed by atoms with Crippen LogP contribution < -0.4 is 10.0 Å². The summed E-state index contributed by atoms with van der Waals surface area (Å²) in [7, 11) is 0. The van der Waals surface area contributed by atoms with Crippen LogP contribution in [0, 0.1) is 13.8 Å². The largest absolute Gasteiger partial charge is 0.416 e. The van der Waals surface area contributed by atoms with Gasteiger partial charge in [0.25, 0.3) is 0 Å². The van der Waals surface area contributed by atoms with Gasteiger partial charge in [0.1, 0.15) is 11.2 Å². The second-order valence-corrected chi connectivity index (χ2v) is 8.28. The van der Waals surface area contributed by atoms with Crippen LogP contribution in [0.4, 0.5) is 24.5 Å². The lowest BCUT2D eigenvalue weighted by atomic mass is 10.0. The molecule has 2 aromatic carbocycles. The molecule has 168 valence electrons. The summed E-state index contributed by atoms with van der Waals surface area (Å²) < 4.78 is 43.9. The lowest BCUT2D eigenvalue weighted by molar-refractivity contribution is -0.137. The minimum absolute atomic E-state index is 0.0119. The van der Waals surface area contributed by atoms with E-state index in [9.17, 15) is 18.3 Å². The molecule has 3 aromatic rings. The Bertz CT molecular complexity index is 1160. The molecule has 1 unspecified atom stereocenters. The number of aromatic nitrogens is 2. The fourth-order valence-corrected chi connectivity index (χ4v) is 4.31. The number of hydrogen-bond acceptors (Lipinski definition) is 6. The Morgan fingerprint density at radius 1 is 1.16 bits per heavy atom. The van der Waals surface area contributed by atoms with Gasteiger partial charge in [-0.25, -0.2) is 0 Å². The van der Waals surface area contributed by atoms with Gasteiger partial charge in [0.15, 0.2) is 0 Å². The molecule has 0 amide bonds. The summed E-state index contributed by atoms with van der Waals surface area (Å²) in [5.41, 5.74) is 4.17. The number of alkyl halides is 3. The van der Waals surface area contributed by atoms with Crippen LogP contribution in [0.15, 0.2) is 52.6 Å². The Hall–Kier alpha value is -2.98. The Morgan fingerprint density at radius 2 is 1.97 bits per heavy atom. The van der Waals surface area contributed by atoms with Crippen molar-refractivity contribution in [3.8, 4) is 0 Å². The van der Waals surface area contributed by atoms with E-state index >= 15 is 0 Å². The highest BCUT2D eigenvalue weighted by atomic mass is 32.2. The number of aliphatic hydroxyl groups is 1. The van der Waals surface area contributed by atoms with Crippen LogP contribution in [-0.4, -0.2) is 27.7 Å². The summed E-state index contributed by atoms with van der Waals surface area (Å²) in [6, 6.07) is 9.47. The first-order chi connectivity index (χ1) is 15.3. The molecule has 1 aromatic heterocycles. The zero-order chi connectivity index (χ0) is 22.9. The van der Waals surface area contributed by atoms with Gasteiger partial charge in [-0.1, -0.05) is 6.07 Å². The highest BCUT2D eigenvalue weighted by Gasteiger charge is 2.31. The molecule has 1 atom stereocenters. The molecule has 0 saturated carbocycles. The van der Waals surface area contributed by atoms with Crippen molar-refractivity contribution in [2.75, 3.05) is 16.6 Å². The highest BCUT2D eigenvalue weighted by Crippen LogP contribution is 2.35. The number of hydrogen-bond donors (Lipinski definition) is 3. The Balaban J connectivity index is 1.47. The minimum Gasteiger partial charge on any atom is -0.394 e. The van der Waals surface area contributed by atoms with Crippen molar-refractivity contribution >= 4 is 29.5 Å². The maximum Gasteiger partial charge on any atom is 0.416 e. The van der Waals surface area contributed by atoms with Crippen molar-refractivity contribution in [2.45, 2.75) is 37.8 Å². The first-order valence-corrected chi connectivity index (χ1v) is 10.8. The number of anilines is 2. The SMILES string of the molecule is Cc1cc(C2N=Cc3cc(C(F)(F)F)ccc3N2)ccc1NSc1c(C)cnn1CCO. The van der Waals surface area contributed by atoms with Crippen LogP contribution in [0.2, 0.25) is 0 Å². The predicted molar refractivity (Wildman–Crippen MR) is 120 cm³/mol. The second-order valence-electron chi connectivity index (χ2n) is 7.48. The molecule has 6 nitrogen and oxygen atoms in total. The van der Waals surface area contributed by atoms with Crippen molar-refractivity contribution in [2.24, 2.45) is 4.99 Å². The van der Waals surface area contributed by atoms with Crippen LogP contribution >= 0.6 is 11.9 Å². The number of aliphatic imine (C=N–C) groups is 1. The molecule has 32 heavy (non-hydrogen) atoms. The Labute approximate surface area is 187 Å². The van der Waals surface area contributed by atoms with Crippen LogP contribution in [0.5, 0.6) is 0 Å². The molecule has 3 N–H and O–H groups in total. The molecule has 0 radical (unpaired) electrons. The minimum atomic E-state index is -4.38. The van der Waals surface area contributed by atoms with Crippen molar-refractivity contribution in [3.05, 3.63) is 70.4 Å². The fraction of sp³-hybridized carbons (Fsp3) is 0.273. The van der Waals surface area contributed by atoms with E-state index in [0.29, 0.717) is 17.8 Å². The van der Waals surface area contributed by atoms with Gasteiger partial charge in [0.05, 0.1) is 24.9 Å². The van der Waals surface area contributed by atoms with E-state index in [0.717, 1.165) is 39.5 Å². The summed E-state index contributed by atoms with van der Waals surface area (Å²) in [6.07, 6.45) is -1.52. The molecule has 1 aliphatic heterocycles. The molecule has 0 bridgehead atoms. The number of aryl methyl sites for hydroxylation is 2. The quantitative estimate of drug-likeness (QED) is 0.442. The fourth-order valence-electron chi connectivity index (χ4n) is 3.42. The Morgan fingerprint density at radius 3 is 2.69 bits per heavy atom. The van der Waals surface area contributed by atoms with Crippen molar-refractivity contribution in [3.63, 3.8) is 0 Å². The van der Waals surface area contributed by atoms with Gasteiger partial charge in [-0.2, -0.15) is 18.3 Å². The molecule has 0 aliphatic carbocycles. The maximum absolute atomic E-state index is 12.9. The molecule has 2 heterocycles. The average molecular weight is 462 g/mol. The topological polar surface area (TPSA) is 74.5 Å². The molecule has 0 saturated heterocycles. The van der Waals surface area contributed by atoms with Gasteiger partial charge in [0.2, 0.25) is 0 Å². The van der Waals surface area contributed by atoms with E-state index in [-0.39, 0.29) is 12.8 Å². The summed E-state index contributed by atoms with van der Waals surface area (Å²) in [5.74, 6) is 0. The van der Waals surface area contributed by atoms with Crippen LogP contribution in [-0.2, 0) is 12.7 Å². The number of rotatable bonds is 6. The van der Waals surface area contributed by atoms with E-state index in [2.05, 4.69) is 20.1 Å². The number of nitrogens with zero attached hydrogens (tertiary/aromatic N) is 3. The van der Waals surface area contributed by atoms with Gasteiger partial charge in [-0.05, 0) is 55.3 Å². The second kappa shape index (κ2) is 8.87. The zero-order valence-electron chi connectivity index (χ0n) is 17.4. The third kappa shape index (κ3) is 4.61. The summed E-state index contributed by atoms with van der Waals surface area (Å²) in [4.78, 5) is 4.40. The normalized spacial score (nSPS) is 15.4. The maximum atomic E-state index is 12.9. The summed E-state index contributed by atoms with van der Waals surface area (Å²) >= 11 is 1.43. The van der Waals surface area contributed by atoms with E-state index < -0.39 is 11.7 Å². The number of halogens is 3. The van der Waals surface area contributed by atoms with Gasteiger partial charge in [-0.15, -0.1) is 0 Å².